The number of amides is 3. The standard InChI is InChI=1S/C12H15N4O3/c1-5-15-10(17)8-9(14(4)12(15)18)13-11-16(8)6(2)7(3)19-11/h8H,5H2,1-4H3/q+1. The van der Waals surface area contributed by atoms with E-state index in [1.807, 2.05) is 13.8 Å². The molecule has 3 rings (SSSR count). The Morgan fingerprint density at radius 3 is 2.68 bits per heavy atom. The lowest BCUT2D eigenvalue weighted by Gasteiger charge is -2.31. The second-order valence-electron chi connectivity index (χ2n) is 4.69. The molecule has 0 aliphatic carbocycles. The normalized spacial score (nSPS) is 21.7. The predicted octanol–water partition coefficient (Wildman–Crippen LogP) is 0.683. The van der Waals surface area contributed by atoms with E-state index in [1.165, 1.54) is 9.80 Å². The van der Waals surface area contributed by atoms with E-state index in [-0.39, 0.29) is 11.9 Å². The molecule has 7 heteroatoms. The molecule has 7 nitrogen and oxygen atoms in total. The maximum atomic E-state index is 12.5. The van der Waals surface area contributed by atoms with E-state index in [4.69, 9.17) is 4.42 Å². The minimum atomic E-state index is -0.588. The molecule has 100 valence electrons. The number of amidine groups is 1. The van der Waals surface area contributed by atoms with Crippen LogP contribution in [0.4, 0.5) is 10.8 Å². The van der Waals surface area contributed by atoms with Gasteiger partial charge in [0.05, 0.1) is 0 Å². The largest absolute Gasteiger partial charge is 0.507 e. The lowest BCUT2D eigenvalue weighted by Crippen LogP contribution is -2.63. The molecule has 0 radical (unpaired) electrons. The molecule has 19 heavy (non-hydrogen) atoms. The third kappa shape index (κ3) is 1.32. The molecule has 0 bridgehead atoms. The highest BCUT2D eigenvalue weighted by molar-refractivity contribution is 6.18. The van der Waals surface area contributed by atoms with E-state index in [0.29, 0.717) is 18.4 Å². The molecule has 2 aliphatic heterocycles. The van der Waals surface area contributed by atoms with Gasteiger partial charge in [-0.05, 0) is 13.8 Å². The fraction of sp³-hybridized carbons (Fsp3) is 0.500. The fourth-order valence-corrected chi connectivity index (χ4v) is 2.52. The molecule has 3 heterocycles. The van der Waals surface area contributed by atoms with Crippen molar-refractivity contribution >= 4 is 23.8 Å². The Morgan fingerprint density at radius 2 is 2.05 bits per heavy atom. The number of hydrogen-bond donors (Lipinski definition) is 0. The number of hydrogen-bond acceptors (Lipinski definition) is 4. The molecule has 0 spiro atoms. The van der Waals surface area contributed by atoms with Crippen LogP contribution in [0.25, 0.3) is 0 Å². The predicted molar refractivity (Wildman–Crippen MR) is 65.1 cm³/mol. The highest BCUT2D eigenvalue weighted by Gasteiger charge is 2.55. The Morgan fingerprint density at radius 1 is 1.37 bits per heavy atom. The topological polar surface area (TPSA) is 70.0 Å². The number of aromatic nitrogens is 1. The van der Waals surface area contributed by atoms with Crippen molar-refractivity contribution in [2.24, 2.45) is 4.99 Å². The van der Waals surface area contributed by atoms with Crippen LogP contribution in [0.1, 0.15) is 24.4 Å². The SMILES string of the molecule is CCN1C(=O)C2C(=Nc3oc(C)c(C)[n+]32)N(C)C1=O. The van der Waals surface area contributed by atoms with Crippen LogP contribution in [0.5, 0.6) is 0 Å². The van der Waals surface area contributed by atoms with Crippen molar-refractivity contribution in [2.75, 3.05) is 13.6 Å². The van der Waals surface area contributed by atoms with Crippen molar-refractivity contribution < 1.29 is 18.6 Å². The zero-order valence-electron chi connectivity index (χ0n) is 11.3. The maximum absolute atomic E-state index is 12.5. The van der Waals surface area contributed by atoms with Crippen molar-refractivity contribution in [3.8, 4) is 0 Å². The quantitative estimate of drug-likeness (QED) is 0.700. The van der Waals surface area contributed by atoms with E-state index in [0.717, 1.165) is 11.5 Å². The number of carbonyl (C=O) groups is 2. The zero-order valence-corrected chi connectivity index (χ0v) is 11.3. The van der Waals surface area contributed by atoms with Gasteiger partial charge in [0.25, 0.3) is 17.8 Å². The number of nitrogens with zero attached hydrogens (tertiary/aromatic N) is 4. The van der Waals surface area contributed by atoms with Crippen LogP contribution < -0.4 is 4.57 Å². The molecule has 0 N–H and O–H groups in total. The molecular weight excluding hydrogens is 248 g/mol. The van der Waals surface area contributed by atoms with Gasteiger partial charge in [0, 0.05) is 25.5 Å². The molecule has 1 aromatic heterocycles. The Labute approximate surface area is 110 Å². The first-order valence-electron chi connectivity index (χ1n) is 6.16. The van der Waals surface area contributed by atoms with Crippen molar-refractivity contribution in [1.82, 2.24) is 9.80 Å². The molecule has 1 aromatic rings. The Hall–Kier alpha value is -2.18. The lowest BCUT2D eigenvalue weighted by atomic mass is 10.1. The number of carbonyl (C=O) groups excluding carboxylic acids is 2. The molecule has 2 aliphatic rings. The fourth-order valence-electron chi connectivity index (χ4n) is 2.52. The van der Waals surface area contributed by atoms with E-state index in [9.17, 15) is 9.59 Å². The van der Waals surface area contributed by atoms with Crippen molar-refractivity contribution in [3.63, 3.8) is 0 Å². The summed E-state index contributed by atoms with van der Waals surface area (Å²) in [6, 6.07) is -0.557. The summed E-state index contributed by atoms with van der Waals surface area (Å²) < 4.78 is 7.26. The number of urea groups is 1. The number of likely N-dealkylation sites (N-methyl/N-ethyl adjacent to an activating group) is 2. The van der Waals surface area contributed by atoms with Gasteiger partial charge in [-0.15, -0.1) is 0 Å². The minimum absolute atomic E-state index is 0.253. The summed E-state index contributed by atoms with van der Waals surface area (Å²) in [5.74, 6) is 0.909. The van der Waals surface area contributed by atoms with Gasteiger partial charge >= 0.3 is 12.0 Å². The van der Waals surface area contributed by atoms with Crippen LogP contribution in [0.3, 0.4) is 0 Å². The molecule has 1 saturated heterocycles. The van der Waals surface area contributed by atoms with Gasteiger partial charge in [0.15, 0.2) is 5.76 Å². The maximum Gasteiger partial charge on any atom is 0.507 e. The molecule has 0 saturated carbocycles. The van der Waals surface area contributed by atoms with Crippen LogP contribution in [-0.4, -0.2) is 41.2 Å². The third-order valence-electron chi connectivity index (χ3n) is 3.71. The monoisotopic (exact) mass is 263 g/mol. The Balaban J connectivity index is 2.17. The number of rotatable bonds is 1. The number of imide groups is 1. The van der Waals surface area contributed by atoms with Crippen LogP contribution in [0.2, 0.25) is 0 Å². The van der Waals surface area contributed by atoms with Gasteiger partial charge in [-0.2, -0.15) is 4.57 Å². The molecule has 1 unspecified atom stereocenters. The minimum Gasteiger partial charge on any atom is -0.389 e. The summed E-state index contributed by atoms with van der Waals surface area (Å²) in [5.41, 5.74) is 0.853. The van der Waals surface area contributed by atoms with Gasteiger partial charge in [-0.1, -0.05) is 0 Å². The number of oxazole rings is 1. The van der Waals surface area contributed by atoms with Crippen molar-refractivity contribution in [3.05, 3.63) is 11.5 Å². The van der Waals surface area contributed by atoms with E-state index < -0.39 is 6.04 Å². The summed E-state index contributed by atoms with van der Waals surface area (Å²) >= 11 is 0. The number of aliphatic imine (C=N–C) groups is 1. The summed E-state index contributed by atoms with van der Waals surface area (Å²) in [6.45, 7) is 5.83. The first-order chi connectivity index (χ1) is 8.97. The van der Waals surface area contributed by atoms with Gasteiger partial charge in [-0.3, -0.25) is 14.6 Å². The first-order valence-corrected chi connectivity index (χ1v) is 6.16. The molecule has 0 aromatic carbocycles. The van der Waals surface area contributed by atoms with Gasteiger partial charge in [-0.25, -0.2) is 4.79 Å². The van der Waals surface area contributed by atoms with E-state index >= 15 is 0 Å². The van der Waals surface area contributed by atoms with Gasteiger partial charge in [0.2, 0.25) is 0 Å². The second kappa shape index (κ2) is 3.66. The highest BCUT2D eigenvalue weighted by Crippen LogP contribution is 2.30. The number of aryl methyl sites for hydroxylation is 1. The Bertz CT molecular complexity index is 631. The highest BCUT2D eigenvalue weighted by atomic mass is 16.4. The van der Waals surface area contributed by atoms with Crippen molar-refractivity contribution in [2.45, 2.75) is 26.8 Å². The molecule has 1 fully saturated rings. The van der Waals surface area contributed by atoms with Crippen LogP contribution in [0.15, 0.2) is 9.41 Å². The zero-order chi connectivity index (χ0) is 13.9. The van der Waals surface area contributed by atoms with E-state index in [1.54, 1.807) is 18.5 Å². The number of fused-ring (bicyclic) bond motifs is 3. The average molecular weight is 263 g/mol. The molecule has 3 amide bonds. The Kier molecular flexibility index (Phi) is 2.29. The summed E-state index contributed by atoms with van der Waals surface area (Å²) in [6.07, 6.45) is 0. The second-order valence-corrected chi connectivity index (χ2v) is 4.69. The van der Waals surface area contributed by atoms with Gasteiger partial charge < -0.3 is 4.42 Å². The van der Waals surface area contributed by atoms with Crippen molar-refractivity contribution in [1.29, 1.82) is 0 Å². The molecular formula is C12H15N4O3+. The lowest BCUT2D eigenvalue weighted by molar-refractivity contribution is -0.685. The van der Waals surface area contributed by atoms with Crippen LogP contribution >= 0.6 is 0 Å². The molecule has 1 atom stereocenters. The first kappa shape index (κ1) is 11.9. The summed E-state index contributed by atoms with van der Waals surface area (Å²) in [7, 11) is 1.62. The smallest absolute Gasteiger partial charge is 0.389 e. The third-order valence-corrected chi connectivity index (χ3v) is 3.71. The van der Waals surface area contributed by atoms with E-state index in [2.05, 4.69) is 4.99 Å². The summed E-state index contributed by atoms with van der Waals surface area (Å²) in [5, 5.41) is 0. The summed E-state index contributed by atoms with van der Waals surface area (Å²) in [4.78, 5) is 31.4. The van der Waals surface area contributed by atoms with Crippen LogP contribution in [-0.2, 0) is 4.79 Å². The van der Waals surface area contributed by atoms with Gasteiger partial charge in [0.1, 0.15) is 5.69 Å². The van der Waals surface area contributed by atoms with Crippen LogP contribution in [0, 0.1) is 13.8 Å². The average Bonchev–Trinajstić information content (AvgIpc) is 2.86.